The first-order chi connectivity index (χ1) is 13.7. The molecule has 0 radical (unpaired) electrons. The van der Waals surface area contributed by atoms with Crippen LogP contribution in [-0.2, 0) is 14.3 Å². The zero-order valence-electron chi connectivity index (χ0n) is 16.8. The van der Waals surface area contributed by atoms with Gasteiger partial charge in [0.1, 0.15) is 11.0 Å². The Labute approximate surface area is 173 Å². The highest BCUT2D eigenvalue weighted by atomic mass is 32.1. The van der Waals surface area contributed by atoms with Gasteiger partial charge in [-0.25, -0.2) is 9.78 Å². The van der Waals surface area contributed by atoms with Crippen LogP contribution < -0.4 is 5.32 Å². The monoisotopic (exact) mass is 413 g/mol. The van der Waals surface area contributed by atoms with Crippen LogP contribution in [0.5, 0.6) is 0 Å². The number of benzene rings is 1. The minimum absolute atomic E-state index is 0.251. The van der Waals surface area contributed by atoms with Gasteiger partial charge in [-0.3, -0.25) is 9.59 Å². The zero-order chi connectivity index (χ0) is 21.6. The standard InChI is InChI=1S/C21H23N3O4S/c1-12(2)18(24-19(26)15-8-6-5-7-13(15)3)21(27)28-10-17(25)16(9-22)20-23-14(4)11-29-20/h5-8,11-12,16,18H,10H2,1-4H3,(H,24,26)/t16-,18+/m1/s1. The predicted octanol–water partition coefficient (Wildman–Crippen LogP) is 2.93. The molecule has 2 rings (SSSR count). The lowest BCUT2D eigenvalue weighted by Gasteiger charge is -2.21. The number of hydrogen-bond acceptors (Lipinski definition) is 7. The number of esters is 1. The fourth-order valence-corrected chi connectivity index (χ4v) is 3.49. The van der Waals surface area contributed by atoms with Gasteiger partial charge in [0.2, 0.25) is 0 Å². The zero-order valence-corrected chi connectivity index (χ0v) is 17.6. The van der Waals surface area contributed by atoms with Gasteiger partial charge >= 0.3 is 5.97 Å². The van der Waals surface area contributed by atoms with Crippen LogP contribution in [0, 0.1) is 31.1 Å². The van der Waals surface area contributed by atoms with Crippen molar-refractivity contribution in [3.63, 3.8) is 0 Å². The Morgan fingerprint density at radius 2 is 1.93 bits per heavy atom. The average molecular weight is 413 g/mol. The van der Waals surface area contributed by atoms with E-state index in [0.29, 0.717) is 16.3 Å². The number of amides is 1. The Morgan fingerprint density at radius 1 is 1.24 bits per heavy atom. The molecule has 0 saturated heterocycles. The second-order valence-corrected chi connectivity index (χ2v) is 7.86. The van der Waals surface area contributed by atoms with E-state index < -0.39 is 36.2 Å². The summed E-state index contributed by atoms with van der Waals surface area (Å²) in [6.45, 7) is 6.55. The Hall–Kier alpha value is -3.05. The van der Waals surface area contributed by atoms with E-state index in [0.717, 1.165) is 5.56 Å². The van der Waals surface area contributed by atoms with Gasteiger partial charge in [-0.15, -0.1) is 11.3 Å². The molecule has 2 atom stereocenters. The number of Topliss-reactive ketones (excluding diaryl/α,β-unsaturated/α-hetero) is 1. The maximum Gasteiger partial charge on any atom is 0.329 e. The molecule has 0 aliphatic carbocycles. The molecule has 1 amide bonds. The summed E-state index contributed by atoms with van der Waals surface area (Å²) in [6.07, 6.45) is 0. The van der Waals surface area contributed by atoms with Crippen molar-refractivity contribution in [2.75, 3.05) is 6.61 Å². The average Bonchev–Trinajstić information content (AvgIpc) is 3.10. The van der Waals surface area contributed by atoms with Crippen molar-refractivity contribution < 1.29 is 19.1 Å². The molecule has 1 aromatic carbocycles. The first-order valence-corrected chi connectivity index (χ1v) is 10.00. The fraction of sp³-hybridized carbons (Fsp3) is 0.381. The smallest absolute Gasteiger partial charge is 0.329 e. The highest BCUT2D eigenvalue weighted by Crippen LogP contribution is 2.21. The van der Waals surface area contributed by atoms with Crippen molar-refractivity contribution >= 4 is 29.0 Å². The van der Waals surface area contributed by atoms with Crippen LogP contribution in [0.3, 0.4) is 0 Å². The molecule has 0 bridgehead atoms. The largest absolute Gasteiger partial charge is 0.456 e. The highest BCUT2D eigenvalue weighted by molar-refractivity contribution is 7.09. The third kappa shape index (κ3) is 5.72. The van der Waals surface area contributed by atoms with E-state index in [9.17, 15) is 19.6 Å². The second kappa shape index (κ2) is 9.94. The number of nitrogens with zero attached hydrogens (tertiary/aromatic N) is 2. The summed E-state index contributed by atoms with van der Waals surface area (Å²) >= 11 is 1.21. The number of carbonyl (C=O) groups is 3. The van der Waals surface area contributed by atoms with Crippen molar-refractivity contribution in [1.82, 2.24) is 10.3 Å². The lowest BCUT2D eigenvalue weighted by atomic mass is 10.0. The van der Waals surface area contributed by atoms with Gasteiger partial charge in [-0.2, -0.15) is 5.26 Å². The second-order valence-electron chi connectivity index (χ2n) is 6.97. The summed E-state index contributed by atoms with van der Waals surface area (Å²) in [5.41, 5.74) is 1.96. The molecular formula is C21H23N3O4S. The number of nitriles is 1. The van der Waals surface area contributed by atoms with Crippen molar-refractivity contribution in [3.8, 4) is 6.07 Å². The molecule has 7 nitrogen and oxygen atoms in total. The van der Waals surface area contributed by atoms with Gasteiger partial charge in [-0.1, -0.05) is 32.0 Å². The maximum atomic E-state index is 12.5. The van der Waals surface area contributed by atoms with E-state index >= 15 is 0 Å². The van der Waals surface area contributed by atoms with Crippen LogP contribution in [-0.4, -0.2) is 35.3 Å². The van der Waals surface area contributed by atoms with Gasteiger partial charge in [0.05, 0.1) is 6.07 Å². The normalized spacial score (nSPS) is 12.7. The molecule has 8 heteroatoms. The van der Waals surface area contributed by atoms with E-state index in [4.69, 9.17) is 4.74 Å². The number of ketones is 1. The van der Waals surface area contributed by atoms with E-state index in [1.54, 1.807) is 51.3 Å². The SMILES string of the molecule is Cc1csc([C@H](C#N)C(=O)COC(=O)[C@@H](NC(=O)c2ccccc2C)C(C)C)n1. The molecular weight excluding hydrogens is 390 g/mol. The van der Waals surface area contributed by atoms with Gasteiger partial charge in [-0.05, 0) is 31.4 Å². The summed E-state index contributed by atoms with van der Waals surface area (Å²) in [6, 6.07) is 8.02. The number of nitrogens with one attached hydrogen (secondary N) is 1. The molecule has 0 aliphatic rings. The lowest BCUT2D eigenvalue weighted by Crippen LogP contribution is -2.46. The van der Waals surface area contributed by atoms with E-state index in [2.05, 4.69) is 10.3 Å². The molecule has 1 aromatic heterocycles. The first kappa shape index (κ1) is 22.2. The molecule has 0 fully saturated rings. The van der Waals surface area contributed by atoms with Gasteiger partial charge < -0.3 is 10.1 Å². The van der Waals surface area contributed by atoms with Gasteiger partial charge in [0.15, 0.2) is 18.3 Å². The first-order valence-electron chi connectivity index (χ1n) is 9.12. The van der Waals surface area contributed by atoms with E-state index in [1.807, 2.05) is 12.1 Å². The summed E-state index contributed by atoms with van der Waals surface area (Å²) in [5, 5.41) is 14.1. The minimum atomic E-state index is -1.08. The van der Waals surface area contributed by atoms with Gasteiger partial charge in [0, 0.05) is 16.6 Å². The Bertz CT molecular complexity index is 945. The van der Waals surface area contributed by atoms with Crippen LogP contribution >= 0.6 is 11.3 Å². The number of thiazole rings is 1. The van der Waals surface area contributed by atoms with Crippen LogP contribution in [0.2, 0.25) is 0 Å². The summed E-state index contributed by atoms with van der Waals surface area (Å²) in [5.74, 6) is -3.00. The van der Waals surface area contributed by atoms with Crippen molar-refractivity contribution in [3.05, 3.63) is 51.5 Å². The Balaban J connectivity index is 2.02. The van der Waals surface area contributed by atoms with Crippen LogP contribution in [0.15, 0.2) is 29.6 Å². The third-order valence-electron chi connectivity index (χ3n) is 4.29. The van der Waals surface area contributed by atoms with Crippen LogP contribution in [0.1, 0.15) is 46.4 Å². The number of aromatic nitrogens is 1. The number of hydrogen-bond donors (Lipinski definition) is 1. The number of carbonyl (C=O) groups excluding carboxylic acids is 3. The molecule has 2 aromatic rings. The van der Waals surface area contributed by atoms with Crippen LogP contribution in [0.25, 0.3) is 0 Å². The van der Waals surface area contributed by atoms with E-state index in [-0.39, 0.29) is 5.92 Å². The molecule has 0 spiro atoms. The summed E-state index contributed by atoms with van der Waals surface area (Å²) in [4.78, 5) is 41.5. The van der Waals surface area contributed by atoms with Crippen LogP contribution in [0.4, 0.5) is 0 Å². The predicted molar refractivity (Wildman–Crippen MR) is 108 cm³/mol. The molecule has 0 unspecified atom stereocenters. The van der Waals surface area contributed by atoms with E-state index in [1.165, 1.54) is 11.3 Å². The quantitative estimate of drug-likeness (QED) is 0.667. The molecule has 1 heterocycles. The lowest BCUT2D eigenvalue weighted by molar-refractivity contribution is -0.151. The number of aryl methyl sites for hydroxylation is 2. The molecule has 29 heavy (non-hydrogen) atoms. The summed E-state index contributed by atoms with van der Waals surface area (Å²) < 4.78 is 5.13. The van der Waals surface area contributed by atoms with Crippen molar-refractivity contribution in [2.24, 2.45) is 5.92 Å². The Morgan fingerprint density at radius 3 is 2.48 bits per heavy atom. The molecule has 0 saturated carbocycles. The Kier molecular flexibility index (Phi) is 7.62. The molecule has 0 aliphatic heterocycles. The number of rotatable bonds is 8. The van der Waals surface area contributed by atoms with Crippen molar-refractivity contribution in [1.29, 1.82) is 5.26 Å². The van der Waals surface area contributed by atoms with Crippen molar-refractivity contribution in [2.45, 2.75) is 39.7 Å². The topological polar surface area (TPSA) is 109 Å². The minimum Gasteiger partial charge on any atom is -0.456 e. The highest BCUT2D eigenvalue weighted by Gasteiger charge is 2.29. The number of ether oxygens (including phenoxy) is 1. The maximum absolute atomic E-state index is 12.5. The molecule has 1 N–H and O–H groups in total. The third-order valence-corrected chi connectivity index (χ3v) is 5.32. The van der Waals surface area contributed by atoms with Gasteiger partial charge in [0.25, 0.3) is 5.91 Å². The molecule has 152 valence electrons. The fourth-order valence-electron chi connectivity index (χ4n) is 2.63. The summed E-state index contributed by atoms with van der Waals surface area (Å²) in [7, 11) is 0.